The van der Waals surface area contributed by atoms with Crippen LogP contribution in [0.1, 0.15) is 50.7 Å². The van der Waals surface area contributed by atoms with Crippen LogP contribution < -0.4 is 10.1 Å². The molecule has 186 valence electrons. The molecule has 2 amide bonds. The summed E-state index contributed by atoms with van der Waals surface area (Å²) in [6, 6.07) is 9.20. The molecule has 0 bridgehead atoms. The fourth-order valence-electron chi connectivity index (χ4n) is 4.72. The smallest absolute Gasteiger partial charge is 0.331 e. The molecule has 5 rings (SSSR count). The molecule has 1 N–H and O–H groups in total. The summed E-state index contributed by atoms with van der Waals surface area (Å²) in [5.74, 6) is 1.63. The fraction of sp³-hybridized carbons (Fsp3) is 0.346. The van der Waals surface area contributed by atoms with Gasteiger partial charge in [-0.25, -0.2) is 14.8 Å². The van der Waals surface area contributed by atoms with Crippen LogP contribution in [-0.2, 0) is 17.8 Å². The first-order chi connectivity index (χ1) is 17.2. The minimum Gasteiger partial charge on any atom is -0.439 e. The van der Waals surface area contributed by atoms with Crippen LogP contribution in [0, 0.1) is 6.92 Å². The Morgan fingerprint density at radius 2 is 1.97 bits per heavy atom. The molecule has 0 spiro atoms. The van der Waals surface area contributed by atoms with Gasteiger partial charge in [-0.05, 0) is 58.4 Å². The van der Waals surface area contributed by atoms with E-state index in [0.29, 0.717) is 30.4 Å². The molecule has 1 aliphatic rings. The Kier molecular flexibility index (Phi) is 5.95. The van der Waals surface area contributed by atoms with Gasteiger partial charge in [0.25, 0.3) is 0 Å². The lowest BCUT2D eigenvalue weighted by atomic mass is 9.99. The van der Waals surface area contributed by atoms with Crippen LogP contribution in [0.5, 0.6) is 11.6 Å². The van der Waals surface area contributed by atoms with E-state index in [-0.39, 0.29) is 24.0 Å². The molecule has 0 fully saturated rings. The second-order valence-corrected chi connectivity index (χ2v) is 9.45. The molecule has 10 heteroatoms. The number of aryl methyl sites for hydroxylation is 1. The molecule has 36 heavy (non-hydrogen) atoms. The molecular formula is C26H29N7O3. The summed E-state index contributed by atoms with van der Waals surface area (Å²) in [7, 11) is 0. The van der Waals surface area contributed by atoms with E-state index in [2.05, 4.69) is 20.4 Å². The summed E-state index contributed by atoms with van der Waals surface area (Å²) in [4.78, 5) is 35.4. The van der Waals surface area contributed by atoms with Gasteiger partial charge in [-0.3, -0.25) is 19.4 Å². The van der Waals surface area contributed by atoms with Crippen LogP contribution in [0.4, 0.5) is 10.6 Å². The number of anilines is 1. The highest BCUT2D eigenvalue weighted by molar-refractivity contribution is 5.98. The summed E-state index contributed by atoms with van der Waals surface area (Å²) >= 11 is 0. The quantitative estimate of drug-likeness (QED) is 0.448. The summed E-state index contributed by atoms with van der Waals surface area (Å²) in [6.07, 6.45) is 3.81. The Morgan fingerprint density at radius 3 is 2.69 bits per heavy atom. The minimum atomic E-state index is -0.291. The minimum absolute atomic E-state index is 0.0247. The van der Waals surface area contributed by atoms with Gasteiger partial charge >= 0.3 is 6.03 Å². The van der Waals surface area contributed by atoms with Gasteiger partial charge in [0.1, 0.15) is 12.1 Å². The van der Waals surface area contributed by atoms with Crippen LogP contribution in [0.25, 0.3) is 10.9 Å². The van der Waals surface area contributed by atoms with Gasteiger partial charge in [-0.2, -0.15) is 5.10 Å². The van der Waals surface area contributed by atoms with E-state index in [4.69, 9.17) is 4.74 Å². The van der Waals surface area contributed by atoms with Crippen molar-refractivity contribution in [2.75, 3.05) is 5.32 Å². The Hall–Kier alpha value is -4.21. The van der Waals surface area contributed by atoms with Crippen molar-refractivity contribution in [1.82, 2.24) is 29.2 Å². The van der Waals surface area contributed by atoms with E-state index in [1.165, 1.54) is 6.33 Å². The average molecular weight is 488 g/mol. The van der Waals surface area contributed by atoms with Crippen molar-refractivity contribution in [3.63, 3.8) is 0 Å². The molecule has 3 aromatic heterocycles. The first-order valence-corrected chi connectivity index (χ1v) is 12.0. The highest BCUT2D eigenvalue weighted by Crippen LogP contribution is 2.32. The molecule has 1 aromatic carbocycles. The summed E-state index contributed by atoms with van der Waals surface area (Å²) in [5, 5.41) is 8.20. The number of hydrogen-bond acceptors (Lipinski definition) is 6. The number of carbonyl (C=O) groups is 2. The van der Waals surface area contributed by atoms with Crippen molar-refractivity contribution < 1.29 is 14.3 Å². The normalized spacial score (nSPS) is 15.3. The van der Waals surface area contributed by atoms with Crippen molar-refractivity contribution in [2.45, 2.75) is 59.7 Å². The number of hydrogen-bond donors (Lipinski definition) is 1. The second-order valence-electron chi connectivity index (χ2n) is 9.45. The number of fused-ring (bicyclic) bond motifs is 2. The number of amides is 2. The van der Waals surface area contributed by atoms with E-state index >= 15 is 0 Å². The number of aromatic nitrogens is 5. The van der Waals surface area contributed by atoms with Gasteiger partial charge in [0.05, 0.1) is 17.8 Å². The summed E-state index contributed by atoms with van der Waals surface area (Å²) in [6.45, 7) is 10.1. The summed E-state index contributed by atoms with van der Waals surface area (Å²) in [5.41, 5.74) is 3.44. The third-order valence-corrected chi connectivity index (χ3v) is 6.49. The van der Waals surface area contributed by atoms with Crippen molar-refractivity contribution in [3.8, 4) is 11.6 Å². The van der Waals surface area contributed by atoms with Crippen molar-refractivity contribution in [1.29, 1.82) is 0 Å². The van der Waals surface area contributed by atoms with Gasteiger partial charge < -0.3 is 9.64 Å². The van der Waals surface area contributed by atoms with Crippen molar-refractivity contribution in [3.05, 3.63) is 59.8 Å². The molecule has 1 aliphatic heterocycles. The molecule has 0 aliphatic carbocycles. The standard InChI is InChI=1S/C26H29N7O3/c1-15(2)33-17(4)11-24(30-33)29-26(35)31-9-8-19-12-20(6-7-23(19)31)36-25-21-10-16(3)32(18(5)34)13-22(21)27-14-28-25/h6-9,11-12,14-16H,10,13H2,1-5H3,(H,29,30,35). The van der Waals surface area contributed by atoms with E-state index in [0.717, 1.165) is 27.9 Å². The van der Waals surface area contributed by atoms with Crippen LogP contribution >= 0.6 is 0 Å². The molecule has 10 nitrogen and oxygen atoms in total. The number of carbonyl (C=O) groups excluding carboxylic acids is 2. The lowest BCUT2D eigenvalue weighted by molar-refractivity contribution is -0.132. The van der Waals surface area contributed by atoms with Crippen LogP contribution in [0.3, 0.4) is 0 Å². The number of rotatable bonds is 4. The van der Waals surface area contributed by atoms with Gasteiger partial charge in [-0.1, -0.05) is 0 Å². The molecule has 1 unspecified atom stereocenters. The Morgan fingerprint density at radius 1 is 1.17 bits per heavy atom. The van der Waals surface area contributed by atoms with Crippen LogP contribution in [0.2, 0.25) is 0 Å². The lowest BCUT2D eigenvalue weighted by Gasteiger charge is -2.33. The van der Waals surface area contributed by atoms with E-state index in [1.807, 2.05) is 62.7 Å². The van der Waals surface area contributed by atoms with Crippen LogP contribution in [0.15, 0.2) is 42.9 Å². The molecule has 0 saturated carbocycles. The molecule has 4 aromatic rings. The molecular weight excluding hydrogens is 458 g/mol. The topological polar surface area (TPSA) is 107 Å². The summed E-state index contributed by atoms with van der Waals surface area (Å²) < 4.78 is 9.58. The van der Waals surface area contributed by atoms with E-state index in [1.54, 1.807) is 22.6 Å². The first kappa shape index (κ1) is 23.5. The van der Waals surface area contributed by atoms with Gasteiger partial charge in [0.2, 0.25) is 11.8 Å². The van der Waals surface area contributed by atoms with E-state index < -0.39 is 0 Å². The predicted octanol–water partition coefficient (Wildman–Crippen LogP) is 4.68. The van der Waals surface area contributed by atoms with Crippen molar-refractivity contribution >= 4 is 28.7 Å². The highest BCUT2D eigenvalue weighted by Gasteiger charge is 2.28. The zero-order valence-electron chi connectivity index (χ0n) is 21.0. The predicted molar refractivity (Wildman–Crippen MR) is 135 cm³/mol. The van der Waals surface area contributed by atoms with E-state index in [9.17, 15) is 9.59 Å². The Bertz CT molecular complexity index is 1470. The third kappa shape index (κ3) is 4.30. The third-order valence-electron chi connectivity index (χ3n) is 6.49. The fourth-order valence-corrected chi connectivity index (χ4v) is 4.72. The Labute approximate surface area is 208 Å². The maximum absolute atomic E-state index is 12.9. The largest absolute Gasteiger partial charge is 0.439 e. The number of benzene rings is 1. The van der Waals surface area contributed by atoms with Gasteiger partial charge in [0.15, 0.2) is 5.82 Å². The molecule has 0 saturated heterocycles. The van der Waals surface area contributed by atoms with Crippen LogP contribution in [-0.4, -0.2) is 47.2 Å². The molecule has 1 atom stereocenters. The average Bonchev–Trinajstić information content (AvgIpc) is 3.41. The molecule has 0 radical (unpaired) electrons. The SMILES string of the molecule is CC(=O)N1Cc2ncnc(Oc3ccc4c(ccn4C(=O)Nc4cc(C)n(C(C)C)n4)c3)c2CC1C. The second kappa shape index (κ2) is 9.10. The van der Waals surface area contributed by atoms with Gasteiger partial charge in [0, 0.05) is 47.9 Å². The zero-order chi connectivity index (χ0) is 25.6. The molecule has 4 heterocycles. The van der Waals surface area contributed by atoms with Gasteiger partial charge in [-0.15, -0.1) is 0 Å². The van der Waals surface area contributed by atoms with Crippen molar-refractivity contribution in [2.24, 2.45) is 0 Å². The first-order valence-electron chi connectivity index (χ1n) is 12.0. The zero-order valence-corrected chi connectivity index (χ0v) is 21.0. The highest BCUT2D eigenvalue weighted by atomic mass is 16.5. The Balaban J connectivity index is 1.36. The number of nitrogens with zero attached hydrogens (tertiary/aromatic N) is 6. The number of nitrogens with one attached hydrogen (secondary N) is 1. The maximum Gasteiger partial charge on any atom is 0.331 e. The number of ether oxygens (including phenoxy) is 1. The monoisotopic (exact) mass is 487 g/mol. The lowest BCUT2D eigenvalue weighted by Crippen LogP contribution is -2.41. The maximum atomic E-state index is 12.9.